The highest BCUT2D eigenvalue weighted by molar-refractivity contribution is 4.72. The first-order chi connectivity index (χ1) is 5.31. The average Bonchev–Trinajstić information content (AvgIpc) is 1.83. The van der Waals surface area contributed by atoms with Gasteiger partial charge in [-0.2, -0.15) is 0 Å². The maximum Gasteiger partial charge on any atom is 0.0888 e. The molecule has 2 aliphatic rings. The molecule has 1 heterocycles. The number of rotatable bonds is 1. The van der Waals surface area contributed by atoms with Gasteiger partial charge in [0.05, 0.1) is 26.2 Å². The molecule has 64 valence electrons. The smallest absolute Gasteiger partial charge is 0.0888 e. The summed E-state index contributed by atoms with van der Waals surface area (Å²) in [5, 5.41) is 0. The Bertz CT molecular complexity index is 132. The molecule has 0 aromatic carbocycles. The van der Waals surface area contributed by atoms with E-state index in [1.54, 1.807) is 0 Å². The topological polar surface area (TPSA) is 0 Å². The molecule has 11 heavy (non-hydrogen) atoms. The largest absolute Gasteiger partial charge is 0.324 e. The summed E-state index contributed by atoms with van der Waals surface area (Å²) in [5.41, 5.74) is 0. The Kier molecular flexibility index (Phi) is 1.92. The molecule has 0 aromatic rings. The van der Waals surface area contributed by atoms with Gasteiger partial charge in [0.25, 0.3) is 0 Å². The van der Waals surface area contributed by atoms with E-state index in [0.29, 0.717) is 0 Å². The SMILES string of the molecule is C[N+]1(C2CCC2)CCCCC1. The molecule has 1 aliphatic carbocycles. The van der Waals surface area contributed by atoms with Crippen LogP contribution in [0.25, 0.3) is 0 Å². The fraction of sp³-hybridized carbons (Fsp3) is 1.00. The molecule has 0 atom stereocenters. The lowest BCUT2D eigenvalue weighted by atomic mass is 9.88. The molecular formula is C10H20N+. The normalized spacial score (nSPS) is 31.4. The Labute approximate surface area is 70.0 Å². The highest BCUT2D eigenvalue weighted by Crippen LogP contribution is 2.32. The molecule has 1 aliphatic heterocycles. The summed E-state index contributed by atoms with van der Waals surface area (Å²) >= 11 is 0. The van der Waals surface area contributed by atoms with Crippen molar-refractivity contribution in [3.05, 3.63) is 0 Å². The zero-order valence-electron chi connectivity index (χ0n) is 7.68. The zero-order valence-corrected chi connectivity index (χ0v) is 7.68. The fourth-order valence-electron chi connectivity index (χ4n) is 2.61. The third-order valence-corrected chi connectivity index (χ3v) is 3.79. The van der Waals surface area contributed by atoms with Crippen LogP contribution in [-0.2, 0) is 0 Å². The molecule has 1 heteroatoms. The number of hydrogen-bond donors (Lipinski definition) is 0. The first-order valence-corrected chi connectivity index (χ1v) is 5.15. The third-order valence-electron chi connectivity index (χ3n) is 3.79. The van der Waals surface area contributed by atoms with Gasteiger partial charge in [-0.1, -0.05) is 0 Å². The summed E-state index contributed by atoms with van der Waals surface area (Å²) in [6.07, 6.45) is 8.96. The van der Waals surface area contributed by atoms with Crippen LogP contribution < -0.4 is 0 Å². The van der Waals surface area contributed by atoms with Crippen LogP contribution in [0.3, 0.4) is 0 Å². The molecule has 1 saturated carbocycles. The second-order valence-electron chi connectivity index (χ2n) is 4.57. The lowest BCUT2D eigenvalue weighted by Crippen LogP contribution is -2.57. The van der Waals surface area contributed by atoms with Crippen molar-refractivity contribution in [3.8, 4) is 0 Å². The van der Waals surface area contributed by atoms with Crippen molar-refractivity contribution in [2.24, 2.45) is 0 Å². The molecule has 0 amide bonds. The summed E-state index contributed by atoms with van der Waals surface area (Å²) in [4.78, 5) is 0. The second kappa shape index (κ2) is 2.78. The lowest BCUT2D eigenvalue weighted by Gasteiger charge is -2.48. The first-order valence-electron chi connectivity index (χ1n) is 5.15. The fourth-order valence-corrected chi connectivity index (χ4v) is 2.61. The summed E-state index contributed by atoms with van der Waals surface area (Å²) in [5.74, 6) is 0. The van der Waals surface area contributed by atoms with Gasteiger partial charge >= 0.3 is 0 Å². The Morgan fingerprint density at radius 3 is 2.00 bits per heavy atom. The van der Waals surface area contributed by atoms with E-state index >= 15 is 0 Å². The van der Waals surface area contributed by atoms with E-state index in [2.05, 4.69) is 7.05 Å². The van der Waals surface area contributed by atoms with E-state index < -0.39 is 0 Å². The molecule has 0 aromatic heterocycles. The minimum atomic E-state index is 1.05. The van der Waals surface area contributed by atoms with Crippen molar-refractivity contribution in [3.63, 3.8) is 0 Å². The van der Waals surface area contributed by atoms with Gasteiger partial charge in [-0.25, -0.2) is 0 Å². The highest BCUT2D eigenvalue weighted by Gasteiger charge is 2.37. The van der Waals surface area contributed by atoms with Crippen LogP contribution >= 0.6 is 0 Å². The van der Waals surface area contributed by atoms with E-state index in [9.17, 15) is 0 Å². The Morgan fingerprint density at radius 1 is 0.909 bits per heavy atom. The summed E-state index contributed by atoms with van der Waals surface area (Å²) < 4.78 is 1.42. The quantitative estimate of drug-likeness (QED) is 0.508. The first kappa shape index (κ1) is 7.60. The van der Waals surface area contributed by atoms with Crippen LogP contribution in [0.1, 0.15) is 38.5 Å². The number of likely N-dealkylation sites (tertiary alicyclic amines) is 1. The molecule has 2 rings (SSSR count). The van der Waals surface area contributed by atoms with Crippen molar-refractivity contribution in [2.45, 2.75) is 44.6 Å². The van der Waals surface area contributed by atoms with Crippen molar-refractivity contribution >= 4 is 0 Å². The van der Waals surface area contributed by atoms with Gasteiger partial charge in [0.15, 0.2) is 0 Å². The van der Waals surface area contributed by atoms with E-state index in [-0.39, 0.29) is 0 Å². The summed E-state index contributed by atoms with van der Waals surface area (Å²) in [7, 11) is 2.48. The second-order valence-corrected chi connectivity index (χ2v) is 4.57. The van der Waals surface area contributed by atoms with Gasteiger partial charge in [0, 0.05) is 0 Å². The van der Waals surface area contributed by atoms with E-state index in [0.717, 1.165) is 6.04 Å². The third kappa shape index (κ3) is 1.31. The van der Waals surface area contributed by atoms with Gasteiger partial charge in [-0.3, -0.25) is 0 Å². The molecule has 1 saturated heterocycles. The van der Waals surface area contributed by atoms with Gasteiger partial charge in [0.1, 0.15) is 0 Å². The monoisotopic (exact) mass is 154 g/mol. The molecule has 2 fully saturated rings. The number of nitrogens with zero attached hydrogens (tertiary/aromatic N) is 1. The molecule has 0 spiro atoms. The van der Waals surface area contributed by atoms with Crippen LogP contribution in [0, 0.1) is 0 Å². The predicted molar refractivity (Wildman–Crippen MR) is 47.4 cm³/mol. The predicted octanol–water partition coefficient (Wildman–Crippen LogP) is 2.17. The average molecular weight is 154 g/mol. The van der Waals surface area contributed by atoms with Gasteiger partial charge in [-0.15, -0.1) is 0 Å². The molecular weight excluding hydrogens is 134 g/mol. The highest BCUT2D eigenvalue weighted by atomic mass is 15.4. The van der Waals surface area contributed by atoms with E-state index in [1.165, 1.54) is 56.1 Å². The lowest BCUT2D eigenvalue weighted by molar-refractivity contribution is -0.943. The molecule has 0 bridgehead atoms. The maximum atomic E-state index is 2.48. The Balaban J connectivity index is 1.94. The van der Waals surface area contributed by atoms with E-state index in [4.69, 9.17) is 0 Å². The number of quaternary nitrogens is 1. The van der Waals surface area contributed by atoms with Crippen molar-refractivity contribution in [1.82, 2.24) is 0 Å². The molecule has 0 N–H and O–H groups in total. The van der Waals surface area contributed by atoms with Gasteiger partial charge < -0.3 is 4.48 Å². The Morgan fingerprint density at radius 2 is 1.55 bits per heavy atom. The summed E-state index contributed by atoms with van der Waals surface area (Å²) in [6, 6.07) is 1.05. The van der Waals surface area contributed by atoms with Gasteiger partial charge in [0.2, 0.25) is 0 Å². The van der Waals surface area contributed by atoms with Crippen LogP contribution in [-0.4, -0.2) is 30.7 Å². The zero-order chi connectivity index (χ0) is 7.73. The number of hydrogen-bond acceptors (Lipinski definition) is 0. The van der Waals surface area contributed by atoms with Crippen LogP contribution in [0.15, 0.2) is 0 Å². The standard InChI is InChI=1S/C10H20N/c1-11(10-6-5-7-10)8-3-2-4-9-11/h10H,2-9H2,1H3/q+1. The minimum absolute atomic E-state index is 1.05. The van der Waals surface area contributed by atoms with Crippen molar-refractivity contribution in [2.75, 3.05) is 20.1 Å². The Hall–Kier alpha value is -0.0400. The van der Waals surface area contributed by atoms with Crippen molar-refractivity contribution < 1.29 is 4.48 Å². The minimum Gasteiger partial charge on any atom is -0.324 e. The van der Waals surface area contributed by atoms with Crippen LogP contribution in [0.2, 0.25) is 0 Å². The maximum absolute atomic E-state index is 2.48. The van der Waals surface area contributed by atoms with Crippen LogP contribution in [0.4, 0.5) is 0 Å². The molecule has 0 radical (unpaired) electrons. The van der Waals surface area contributed by atoms with Crippen molar-refractivity contribution in [1.29, 1.82) is 0 Å². The molecule has 1 nitrogen and oxygen atoms in total. The van der Waals surface area contributed by atoms with Crippen LogP contribution in [0.5, 0.6) is 0 Å². The molecule has 0 unspecified atom stereocenters. The summed E-state index contributed by atoms with van der Waals surface area (Å²) in [6.45, 7) is 2.93. The van der Waals surface area contributed by atoms with Gasteiger partial charge in [-0.05, 0) is 38.5 Å². The van der Waals surface area contributed by atoms with E-state index in [1.807, 2.05) is 0 Å². The number of piperidine rings is 1.